The summed E-state index contributed by atoms with van der Waals surface area (Å²) in [6.07, 6.45) is 2.16. The number of hydrogen-bond acceptors (Lipinski definition) is 5. The maximum absolute atomic E-state index is 13.7. The Bertz CT molecular complexity index is 1150. The summed E-state index contributed by atoms with van der Waals surface area (Å²) in [4.78, 5) is 28.3. The number of amides is 2. The first-order chi connectivity index (χ1) is 16.9. The van der Waals surface area contributed by atoms with Crippen LogP contribution in [0.1, 0.15) is 44.7 Å². The van der Waals surface area contributed by atoms with Gasteiger partial charge in [-0.25, -0.2) is 8.42 Å². The largest absolute Gasteiger partial charge is 0.497 e. The molecule has 0 saturated heterocycles. The molecule has 0 aliphatic carbocycles. The fourth-order valence-electron chi connectivity index (χ4n) is 3.78. The minimum atomic E-state index is -3.81. The molecule has 2 atom stereocenters. The van der Waals surface area contributed by atoms with Gasteiger partial charge in [-0.3, -0.25) is 13.9 Å². The van der Waals surface area contributed by atoms with Gasteiger partial charge in [0.25, 0.3) is 0 Å². The highest BCUT2D eigenvalue weighted by atomic mass is 35.5. The number of carbonyl (C=O) groups excluding carboxylic acids is 2. The summed E-state index contributed by atoms with van der Waals surface area (Å²) in [5, 5.41) is 3.41. The lowest BCUT2D eigenvalue weighted by Gasteiger charge is -2.33. The van der Waals surface area contributed by atoms with E-state index in [1.807, 2.05) is 32.9 Å². The van der Waals surface area contributed by atoms with E-state index in [9.17, 15) is 18.0 Å². The van der Waals surface area contributed by atoms with Crippen molar-refractivity contribution in [3.63, 3.8) is 0 Å². The van der Waals surface area contributed by atoms with Gasteiger partial charge < -0.3 is 15.0 Å². The Balaban J connectivity index is 2.46. The van der Waals surface area contributed by atoms with Crippen molar-refractivity contribution in [2.45, 2.75) is 59.2 Å². The number of benzene rings is 2. The van der Waals surface area contributed by atoms with Crippen LogP contribution in [0.2, 0.25) is 5.02 Å². The second-order valence-electron chi connectivity index (χ2n) is 8.81. The third-order valence-corrected chi connectivity index (χ3v) is 7.37. The molecule has 0 saturated carbocycles. The third-order valence-electron chi connectivity index (χ3n) is 6.01. The molecule has 0 bridgehead atoms. The average Bonchev–Trinajstić information content (AvgIpc) is 2.82. The molecule has 8 nitrogen and oxygen atoms in total. The number of rotatable bonds is 12. The Labute approximate surface area is 219 Å². The van der Waals surface area contributed by atoms with Crippen molar-refractivity contribution in [2.75, 3.05) is 24.2 Å². The monoisotopic (exact) mass is 537 g/mol. The summed E-state index contributed by atoms with van der Waals surface area (Å²) in [5.41, 5.74) is 1.76. The lowest BCUT2D eigenvalue weighted by molar-refractivity contribution is -0.140. The summed E-state index contributed by atoms with van der Waals surface area (Å²) < 4.78 is 31.8. The highest BCUT2D eigenvalue weighted by Gasteiger charge is 2.32. The van der Waals surface area contributed by atoms with Crippen molar-refractivity contribution >= 4 is 39.1 Å². The van der Waals surface area contributed by atoms with Crippen LogP contribution < -0.4 is 14.4 Å². The Kier molecular flexibility index (Phi) is 10.6. The Morgan fingerprint density at radius 2 is 1.72 bits per heavy atom. The smallest absolute Gasteiger partial charge is 0.244 e. The summed E-state index contributed by atoms with van der Waals surface area (Å²) in [5.74, 6) is -0.0984. The number of carbonyl (C=O) groups is 2. The minimum Gasteiger partial charge on any atom is -0.497 e. The normalized spacial score (nSPS) is 13.0. The number of methoxy groups -OCH3 is 1. The fraction of sp³-hybridized carbons (Fsp3) is 0.462. The molecule has 0 heterocycles. The molecule has 36 heavy (non-hydrogen) atoms. The number of anilines is 1. The van der Waals surface area contributed by atoms with Crippen molar-refractivity contribution in [2.24, 2.45) is 0 Å². The minimum absolute atomic E-state index is 0.0614. The Hall–Kier alpha value is -2.78. The summed E-state index contributed by atoms with van der Waals surface area (Å²) in [6.45, 7) is 7.09. The van der Waals surface area contributed by atoms with Crippen molar-refractivity contribution in [1.82, 2.24) is 10.2 Å². The van der Waals surface area contributed by atoms with E-state index in [4.69, 9.17) is 16.3 Å². The number of nitrogens with one attached hydrogen (secondary N) is 1. The predicted octanol–water partition coefficient (Wildman–Crippen LogP) is 4.15. The van der Waals surface area contributed by atoms with Gasteiger partial charge in [-0.2, -0.15) is 0 Å². The zero-order valence-corrected chi connectivity index (χ0v) is 23.3. The molecule has 0 spiro atoms. The van der Waals surface area contributed by atoms with Gasteiger partial charge in [-0.15, -0.1) is 0 Å². The Morgan fingerprint density at radius 1 is 1.08 bits per heavy atom. The maximum atomic E-state index is 13.7. The fourth-order valence-corrected chi connectivity index (χ4v) is 4.92. The van der Waals surface area contributed by atoms with E-state index in [1.165, 1.54) is 4.90 Å². The van der Waals surface area contributed by atoms with Crippen LogP contribution in [-0.4, -0.2) is 57.1 Å². The zero-order valence-electron chi connectivity index (χ0n) is 21.7. The van der Waals surface area contributed by atoms with E-state index >= 15 is 0 Å². The highest BCUT2D eigenvalue weighted by Crippen LogP contribution is 2.26. The molecule has 0 aliphatic rings. The lowest BCUT2D eigenvalue weighted by atomic mass is 10.1. The van der Waals surface area contributed by atoms with E-state index in [-0.39, 0.29) is 18.5 Å². The lowest BCUT2D eigenvalue weighted by Crippen LogP contribution is -2.53. The van der Waals surface area contributed by atoms with Gasteiger partial charge in [-0.05, 0) is 68.1 Å². The molecular formula is C26H36ClN3O5S. The van der Waals surface area contributed by atoms with Crippen LogP contribution in [0.3, 0.4) is 0 Å². The van der Waals surface area contributed by atoms with E-state index in [1.54, 1.807) is 44.4 Å². The molecule has 0 unspecified atom stereocenters. The van der Waals surface area contributed by atoms with Gasteiger partial charge in [0.15, 0.2) is 0 Å². The molecule has 198 valence electrons. The zero-order chi connectivity index (χ0) is 27.0. The quantitative estimate of drug-likeness (QED) is 0.439. The standard InChI is InChI=1S/C26H36ClN3O5S/c1-7-19(4)28-26(32)23(8-2)29(16-20-9-12-22(35-5)13-10-20)25(31)17-30(36(6,33)34)24-14-11-21(27)15-18(24)3/h9-15,19,23H,7-8,16-17H2,1-6H3,(H,28,32)/t19-,23+/m1/s1. The Morgan fingerprint density at radius 3 is 2.22 bits per heavy atom. The van der Waals surface area contributed by atoms with Crippen molar-refractivity contribution in [1.29, 1.82) is 0 Å². The molecule has 0 radical (unpaired) electrons. The van der Waals surface area contributed by atoms with Crippen molar-refractivity contribution in [3.05, 3.63) is 58.6 Å². The SMILES string of the molecule is CC[C@@H](C)NC(=O)[C@H](CC)N(Cc1ccc(OC)cc1)C(=O)CN(c1ccc(Cl)cc1C)S(C)(=O)=O. The predicted molar refractivity (Wildman–Crippen MR) is 144 cm³/mol. The molecule has 2 aromatic carbocycles. The van der Waals surface area contributed by atoms with Gasteiger partial charge in [0.2, 0.25) is 21.8 Å². The molecule has 2 amide bonds. The van der Waals surface area contributed by atoms with E-state index in [0.29, 0.717) is 28.4 Å². The molecule has 0 aromatic heterocycles. The van der Waals surface area contributed by atoms with Gasteiger partial charge in [-0.1, -0.05) is 37.6 Å². The average molecular weight is 538 g/mol. The van der Waals surface area contributed by atoms with Crippen molar-refractivity contribution in [3.8, 4) is 5.75 Å². The van der Waals surface area contributed by atoms with E-state index in [0.717, 1.165) is 22.5 Å². The first-order valence-electron chi connectivity index (χ1n) is 11.9. The first-order valence-corrected chi connectivity index (χ1v) is 14.1. The molecule has 2 rings (SSSR count). The van der Waals surface area contributed by atoms with Crippen LogP contribution in [-0.2, 0) is 26.2 Å². The van der Waals surface area contributed by atoms with E-state index < -0.39 is 28.5 Å². The van der Waals surface area contributed by atoms with Crippen molar-refractivity contribution < 1.29 is 22.7 Å². The van der Waals surface area contributed by atoms with E-state index in [2.05, 4.69) is 5.32 Å². The summed E-state index contributed by atoms with van der Waals surface area (Å²) in [6, 6.07) is 11.1. The topological polar surface area (TPSA) is 96.0 Å². The second-order valence-corrected chi connectivity index (χ2v) is 11.2. The maximum Gasteiger partial charge on any atom is 0.244 e. The second kappa shape index (κ2) is 13.0. The highest BCUT2D eigenvalue weighted by molar-refractivity contribution is 7.92. The van der Waals surface area contributed by atoms with Gasteiger partial charge in [0.05, 0.1) is 19.1 Å². The number of ether oxygens (including phenoxy) is 1. The molecule has 2 aromatic rings. The molecule has 0 aliphatic heterocycles. The summed E-state index contributed by atoms with van der Waals surface area (Å²) >= 11 is 6.06. The number of sulfonamides is 1. The van der Waals surface area contributed by atoms with Crippen LogP contribution in [0.25, 0.3) is 0 Å². The van der Waals surface area contributed by atoms with Crippen LogP contribution in [0, 0.1) is 6.92 Å². The number of hydrogen-bond donors (Lipinski definition) is 1. The van der Waals surface area contributed by atoms with Crippen LogP contribution in [0.5, 0.6) is 5.75 Å². The molecular weight excluding hydrogens is 502 g/mol. The van der Waals surface area contributed by atoms with Gasteiger partial charge >= 0.3 is 0 Å². The molecule has 10 heteroatoms. The number of halogens is 1. The van der Waals surface area contributed by atoms with Crippen LogP contribution in [0.15, 0.2) is 42.5 Å². The van der Waals surface area contributed by atoms with Gasteiger partial charge in [0, 0.05) is 17.6 Å². The molecule has 1 N–H and O–H groups in total. The van der Waals surface area contributed by atoms with Crippen LogP contribution in [0.4, 0.5) is 5.69 Å². The number of nitrogens with zero attached hydrogens (tertiary/aromatic N) is 2. The van der Waals surface area contributed by atoms with Gasteiger partial charge in [0.1, 0.15) is 18.3 Å². The summed E-state index contributed by atoms with van der Waals surface area (Å²) in [7, 11) is -2.25. The number of aryl methyl sites for hydroxylation is 1. The third kappa shape index (κ3) is 7.86. The van der Waals surface area contributed by atoms with Crippen LogP contribution >= 0.6 is 11.6 Å². The first kappa shape index (κ1) is 29.5. The molecule has 0 fully saturated rings.